The Morgan fingerprint density at radius 2 is 2.33 bits per heavy atom. The summed E-state index contributed by atoms with van der Waals surface area (Å²) >= 11 is 0. The lowest BCUT2D eigenvalue weighted by molar-refractivity contribution is 0.164. The van der Waals surface area contributed by atoms with Gasteiger partial charge in [-0.15, -0.1) is 0 Å². The maximum atomic E-state index is 9.00. The van der Waals surface area contributed by atoms with Crippen LogP contribution < -0.4 is 0 Å². The number of hydrogen-bond donors (Lipinski definition) is 2. The van der Waals surface area contributed by atoms with Crippen LogP contribution in [0.15, 0.2) is 0 Å². The highest BCUT2D eigenvalue weighted by atomic mass is 16.3. The maximum absolute atomic E-state index is 9.00. The van der Waals surface area contributed by atoms with Crippen LogP contribution in [-0.4, -0.2) is 47.5 Å². The summed E-state index contributed by atoms with van der Waals surface area (Å²) in [5, 5.41) is 17.5. The van der Waals surface area contributed by atoms with Gasteiger partial charge in [0.05, 0.1) is 12.7 Å². The highest BCUT2D eigenvalue weighted by Gasteiger charge is 2.18. The van der Waals surface area contributed by atoms with E-state index in [1.807, 2.05) is 0 Å². The Labute approximate surface area is 54.9 Å². The molecule has 0 amide bonds. The molecule has 1 unspecified atom stereocenters. The number of aliphatic hydroxyl groups is 2. The van der Waals surface area contributed by atoms with Crippen molar-refractivity contribution in [2.75, 3.05) is 26.2 Å². The molecule has 3 nitrogen and oxygen atoms in total. The SMILES string of the molecule is OCCN1CCC(O)C1. The summed E-state index contributed by atoms with van der Waals surface area (Å²) in [6.07, 6.45) is 0.705. The van der Waals surface area contributed by atoms with Crippen molar-refractivity contribution in [2.24, 2.45) is 0 Å². The van der Waals surface area contributed by atoms with Gasteiger partial charge in [-0.1, -0.05) is 0 Å². The zero-order chi connectivity index (χ0) is 6.69. The zero-order valence-electron chi connectivity index (χ0n) is 5.45. The Morgan fingerprint density at radius 3 is 2.78 bits per heavy atom. The summed E-state index contributed by atoms with van der Waals surface area (Å²) in [5.74, 6) is 0. The van der Waals surface area contributed by atoms with Gasteiger partial charge in [-0.3, -0.25) is 4.90 Å². The van der Waals surface area contributed by atoms with Gasteiger partial charge in [-0.25, -0.2) is 0 Å². The molecule has 0 aliphatic carbocycles. The minimum Gasteiger partial charge on any atom is -0.395 e. The molecule has 0 aromatic heterocycles. The molecule has 3 heteroatoms. The number of β-amino-alcohol motifs (C(OH)–C–C–N with tert-alkyl or cyclic N) is 2. The highest BCUT2D eigenvalue weighted by Crippen LogP contribution is 2.06. The van der Waals surface area contributed by atoms with Crippen LogP contribution in [0.1, 0.15) is 6.42 Å². The summed E-state index contributed by atoms with van der Waals surface area (Å²) < 4.78 is 0. The van der Waals surface area contributed by atoms with E-state index >= 15 is 0 Å². The molecule has 0 saturated carbocycles. The van der Waals surface area contributed by atoms with Crippen LogP contribution in [0, 0.1) is 0 Å². The van der Waals surface area contributed by atoms with Crippen molar-refractivity contribution in [3.8, 4) is 0 Å². The second-order valence-electron chi connectivity index (χ2n) is 2.47. The third-order valence-electron chi connectivity index (χ3n) is 1.66. The van der Waals surface area contributed by atoms with E-state index in [4.69, 9.17) is 10.2 Å². The van der Waals surface area contributed by atoms with Gasteiger partial charge in [0.25, 0.3) is 0 Å². The average Bonchev–Trinajstić information content (AvgIpc) is 2.17. The molecule has 1 fully saturated rings. The van der Waals surface area contributed by atoms with Crippen LogP contribution in [0.5, 0.6) is 0 Å². The van der Waals surface area contributed by atoms with Crippen molar-refractivity contribution >= 4 is 0 Å². The Balaban J connectivity index is 2.14. The number of aliphatic hydroxyl groups excluding tert-OH is 2. The lowest BCUT2D eigenvalue weighted by Gasteiger charge is -2.11. The van der Waals surface area contributed by atoms with Gasteiger partial charge in [0, 0.05) is 19.6 Å². The molecule has 2 N–H and O–H groups in total. The van der Waals surface area contributed by atoms with E-state index in [9.17, 15) is 0 Å². The molecule has 1 heterocycles. The second kappa shape index (κ2) is 3.15. The van der Waals surface area contributed by atoms with E-state index in [1.54, 1.807) is 0 Å². The number of likely N-dealkylation sites (tertiary alicyclic amines) is 1. The second-order valence-corrected chi connectivity index (χ2v) is 2.47. The minimum atomic E-state index is -0.156. The molecule has 54 valence electrons. The topological polar surface area (TPSA) is 43.7 Å². The normalized spacial score (nSPS) is 29.3. The smallest absolute Gasteiger partial charge is 0.0679 e. The number of hydrogen-bond acceptors (Lipinski definition) is 3. The van der Waals surface area contributed by atoms with Crippen molar-refractivity contribution in [1.82, 2.24) is 4.90 Å². The van der Waals surface area contributed by atoms with Gasteiger partial charge in [0.2, 0.25) is 0 Å². The van der Waals surface area contributed by atoms with Crippen LogP contribution in [-0.2, 0) is 0 Å². The third-order valence-corrected chi connectivity index (χ3v) is 1.66. The number of rotatable bonds is 2. The van der Waals surface area contributed by atoms with E-state index in [0.717, 1.165) is 19.5 Å². The summed E-state index contributed by atoms with van der Waals surface area (Å²) in [5.41, 5.74) is 0. The van der Waals surface area contributed by atoms with Crippen LogP contribution in [0.3, 0.4) is 0 Å². The Hall–Kier alpha value is -0.120. The third kappa shape index (κ3) is 1.93. The quantitative estimate of drug-likeness (QED) is 0.507. The van der Waals surface area contributed by atoms with Crippen molar-refractivity contribution < 1.29 is 10.2 Å². The van der Waals surface area contributed by atoms with Gasteiger partial charge in [0.1, 0.15) is 0 Å². The van der Waals surface area contributed by atoms with E-state index in [-0.39, 0.29) is 12.7 Å². The molecule has 0 spiro atoms. The first-order chi connectivity index (χ1) is 4.33. The fourth-order valence-electron chi connectivity index (χ4n) is 1.16. The largest absolute Gasteiger partial charge is 0.395 e. The first kappa shape index (κ1) is 6.99. The van der Waals surface area contributed by atoms with E-state index in [2.05, 4.69) is 4.90 Å². The predicted molar refractivity (Wildman–Crippen MR) is 34.1 cm³/mol. The molecule has 1 saturated heterocycles. The summed E-state index contributed by atoms with van der Waals surface area (Å²) in [7, 11) is 0. The Kier molecular flexibility index (Phi) is 2.45. The van der Waals surface area contributed by atoms with Crippen LogP contribution in [0.2, 0.25) is 0 Å². The van der Waals surface area contributed by atoms with Gasteiger partial charge < -0.3 is 10.2 Å². The van der Waals surface area contributed by atoms with E-state index < -0.39 is 0 Å². The van der Waals surface area contributed by atoms with Crippen LogP contribution >= 0.6 is 0 Å². The molecule has 0 aromatic carbocycles. The predicted octanol–water partition coefficient (Wildman–Crippen LogP) is -0.955. The fraction of sp³-hybridized carbons (Fsp3) is 1.00. The molecular formula is C6H13NO2. The van der Waals surface area contributed by atoms with Gasteiger partial charge in [-0.2, -0.15) is 0 Å². The van der Waals surface area contributed by atoms with Crippen molar-refractivity contribution in [2.45, 2.75) is 12.5 Å². The van der Waals surface area contributed by atoms with E-state index in [1.165, 1.54) is 0 Å². The van der Waals surface area contributed by atoms with Gasteiger partial charge in [-0.05, 0) is 6.42 Å². The van der Waals surface area contributed by atoms with Crippen molar-refractivity contribution in [3.63, 3.8) is 0 Å². The molecular weight excluding hydrogens is 118 g/mol. The monoisotopic (exact) mass is 131 g/mol. The molecule has 1 aliphatic heterocycles. The summed E-state index contributed by atoms with van der Waals surface area (Å²) in [6, 6.07) is 0. The Morgan fingerprint density at radius 1 is 1.56 bits per heavy atom. The van der Waals surface area contributed by atoms with Crippen LogP contribution in [0.25, 0.3) is 0 Å². The summed E-state index contributed by atoms with van der Waals surface area (Å²) in [6.45, 7) is 2.58. The van der Waals surface area contributed by atoms with Crippen LogP contribution in [0.4, 0.5) is 0 Å². The van der Waals surface area contributed by atoms with Crippen molar-refractivity contribution in [3.05, 3.63) is 0 Å². The summed E-state index contributed by atoms with van der Waals surface area (Å²) in [4.78, 5) is 2.06. The zero-order valence-corrected chi connectivity index (χ0v) is 5.45. The molecule has 1 aliphatic rings. The lowest BCUT2D eigenvalue weighted by atomic mass is 10.3. The molecule has 0 aromatic rings. The lowest BCUT2D eigenvalue weighted by Crippen LogP contribution is -2.25. The van der Waals surface area contributed by atoms with Gasteiger partial charge >= 0.3 is 0 Å². The number of nitrogens with zero attached hydrogens (tertiary/aromatic N) is 1. The minimum absolute atomic E-state index is 0.156. The maximum Gasteiger partial charge on any atom is 0.0679 e. The molecule has 9 heavy (non-hydrogen) atoms. The molecule has 1 rings (SSSR count). The van der Waals surface area contributed by atoms with Crippen molar-refractivity contribution in [1.29, 1.82) is 0 Å². The molecule has 1 atom stereocenters. The standard InChI is InChI=1S/C6H13NO2/c8-4-3-7-2-1-6(9)5-7/h6,8-9H,1-5H2. The molecule has 0 radical (unpaired) electrons. The van der Waals surface area contributed by atoms with E-state index in [0.29, 0.717) is 6.54 Å². The molecule has 0 bridgehead atoms. The van der Waals surface area contributed by atoms with Gasteiger partial charge in [0.15, 0.2) is 0 Å². The highest BCUT2D eigenvalue weighted by molar-refractivity contribution is 4.73. The fourth-order valence-corrected chi connectivity index (χ4v) is 1.16. The Bertz CT molecular complexity index is 85.1. The average molecular weight is 131 g/mol. The first-order valence-corrected chi connectivity index (χ1v) is 3.34. The first-order valence-electron chi connectivity index (χ1n) is 3.34.